The number of nitrogens with one attached hydrogen (secondary N) is 1. The SMILES string of the molecule is O=C(O)C(F)(F)F.O=C(O)C(F)(F)F.O=C1NC[C@@H](COc2cccnc2)[C@]12CCN(CC1CCOCC1)C2. The van der Waals surface area contributed by atoms with Crippen LogP contribution in [0.4, 0.5) is 26.3 Å². The van der Waals surface area contributed by atoms with Gasteiger partial charge in [0, 0.05) is 45.0 Å². The van der Waals surface area contributed by atoms with Crippen LogP contribution in [0.25, 0.3) is 0 Å². The number of aliphatic carboxylic acids is 2. The Hall–Kier alpha value is -3.14. The van der Waals surface area contributed by atoms with Crippen LogP contribution in [0.2, 0.25) is 0 Å². The molecule has 0 aliphatic carbocycles. The first kappa shape index (κ1) is 32.1. The number of hydrogen-bond acceptors (Lipinski definition) is 7. The Bertz CT molecular complexity index is 934. The highest BCUT2D eigenvalue weighted by atomic mass is 19.4. The summed E-state index contributed by atoms with van der Waals surface area (Å²) in [6, 6.07) is 3.78. The molecule has 3 saturated heterocycles. The molecule has 1 spiro atoms. The quantitative estimate of drug-likeness (QED) is 0.454. The van der Waals surface area contributed by atoms with Gasteiger partial charge in [-0.15, -0.1) is 0 Å². The summed E-state index contributed by atoms with van der Waals surface area (Å²) in [7, 11) is 0. The molecule has 4 rings (SSSR count). The minimum absolute atomic E-state index is 0.210. The van der Waals surface area contributed by atoms with Crippen molar-refractivity contribution in [3.05, 3.63) is 24.5 Å². The van der Waals surface area contributed by atoms with Crippen LogP contribution in [0, 0.1) is 17.3 Å². The largest absolute Gasteiger partial charge is 0.492 e. The summed E-state index contributed by atoms with van der Waals surface area (Å²) >= 11 is 0. The van der Waals surface area contributed by atoms with Gasteiger partial charge < -0.3 is 29.9 Å². The molecule has 3 N–H and O–H groups in total. The van der Waals surface area contributed by atoms with Crippen LogP contribution in [0.3, 0.4) is 0 Å². The number of rotatable bonds is 5. The van der Waals surface area contributed by atoms with E-state index in [2.05, 4.69) is 15.2 Å². The van der Waals surface area contributed by atoms with E-state index in [-0.39, 0.29) is 17.2 Å². The second-order valence-electron chi connectivity index (χ2n) is 9.21. The molecule has 1 amide bonds. The number of ether oxygens (including phenoxy) is 2. The first-order chi connectivity index (χ1) is 18.1. The molecule has 0 aromatic carbocycles. The third-order valence-corrected chi connectivity index (χ3v) is 6.55. The zero-order valence-electron chi connectivity index (χ0n) is 20.6. The molecular formula is C23H29F6N3O7. The number of carbonyl (C=O) groups excluding carboxylic acids is 1. The second kappa shape index (κ2) is 13.8. The number of amides is 1. The molecule has 4 heterocycles. The van der Waals surface area contributed by atoms with Gasteiger partial charge in [0.15, 0.2) is 0 Å². The lowest BCUT2D eigenvalue weighted by molar-refractivity contribution is -0.193. The number of pyridine rings is 1. The van der Waals surface area contributed by atoms with E-state index >= 15 is 0 Å². The number of carboxylic acids is 2. The maximum Gasteiger partial charge on any atom is 0.490 e. The number of carboxylic acid groups (broad SMARTS) is 2. The lowest BCUT2D eigenvalue weighted by atomic mass is 9.77. The normalized spacial score (nSPS) is 23.7. The summed E-state index contributed by atoms with van der Waals surface area (Å²) in [6.45, 7) is 6.00. The molecular weight excluding hydrogens is 544 g/mol. The summed E-state index contributed by atoms with van der Waals surface area (Å²) < 4.78 is 74.9. The van der Waals surface area contributed by atoms with Crippen molar-refractivity contribution in [3.8, 4) is 5.75 Å². The minimum Gasteiger partial charge on any atom is -0.492 e. The van der Waals surface area contributed by atoms with Crippen molar-refractivity contribution in [1.29, 1.82) is 0 Å². The van der Waals surface area contributed by atoms with Crippen molar-refractivity contribution in [2.24, 2.45) is 17.3 Å². The first-order valence-electron chi connectivity index (χ1n) is 11.9. The molecule has 220 valence electrons. The van der Waals surface area contributed by atoms with Crippen molar-refractivity contribution in [2.45, 2.75) is 31.6 Å². The van der Waals surface area contributed by atoms with Crippen LogP contribution < -0.4 is 10.1 Å². The minimum atomic E-state index is -5.08. The molecule has 0 radical (unpaired) electrons. The third kappa shape index (κ3) is 9.84. The van der Waals surface area contributed by atoms with Gasteiger partial charge in [0.2, 0.25) is 5.91 Å². The Morgan fingerprint density at radius 3 is 2.23 bits per heavy atom. The maximum atomic E-state index is 12.6. The van der Waals surface area contributed by atoms with Gasteiger partial charge in [-0.05, 0) is 43.9 Å². The molecule has 0 unspecified atom stereocenters. The predicted molar refractivity (Wildman–Crippen MR) is 121 cm³/mol. The van der Waals surface area contributed by atoms with E-state index in [4.69, 9.17) is 29.3 Å². The predicted octanol–water partition coefficient (Wildman–Crippen LogP) is 2.59. The van der Waals surface area contributed by atoms with Gasteiger partial charge in [-0.3, -0.25) is 9.78 Å². The maximum absolute atomic E-state index is 12.6. The van der Waals surface area contributed by atoms with Gasteiger partial charge in [-0.25, -0.2) is 9.59 Å². The zero-order chi connectivity index (χ0) is 29.3. The average molecular weight is 573 g/mol. The fraction of sp³-hybridized carbons (Fsp3) is 0.652. The van der Waals surface area contributed by atoms with Crippen molar-refractivity contribution in [1.82, 2.24) is 15.2 Å². The fourth-order valence-corrected chi connectivity index (χ4v) is 4.50. The van der Waals surface area contributed by atoms with Crippen LogP contribution in [-0.4, -0.2) is 96.3 Å². The number of carbonyl (C=O) groups is 3. The van der Waals surface area contributed by atoms with Crippen LogP contribution in [0.1, 0.15) is 19.3 Å². The van der Waals surface area contributed by atoms with Gasteiger partial charge >= 0.3 is 24.3 Å². The molecule has 2 atom stereocenters. The average Bonchev–Trinajstić information content (AvgIpc) is 3.42. The summed E-state index contributed by atoms with van der Waals surface area (Å²) in [5.41, 5.74) is -0.284. The zero-order valence-corrected chi connectivity index (χ0v) is 20.6. The number of alkyl halides is 6. The Morgan fingerprint density at radius 1 is 1.13 bits per heavy atom. The molecule has 1 aromatic heterocycles. The molecule has 3 aliphatic rings. The highest BCUT2D eigenvalue weighted by Crippen LogP contribution is 2.42. The number of nitrogens with zero attached hydrogens (tertiary/aromatic N) is 2. The van der Waals surface area contributed by atoms with E-state index < -0.39 is 24.3 Å². The highest BCUT2D eigenvalue weighted by molar-refractivity contribution is 5.86. The van der Waals surface area contributed by atoms with E-state index in [1.807, 2.05) is 12.1 Å². The molecule has 1 aromatic rings. The Morgan fingerprint density at radius 2 is 1.72 bits per heavy atom. The van der Waals surface area contributed by atoms with Crippen molar-refractivity contribution in [2.75, 3.05) is 46.0 Å². The van der Waals surface area contributed by atoms with Gasteiger partial charge in [0.1, 0.15) is 5.75 Å². The lowest BCUT2D eigenvalue weighted by Gasteiger charge is -2.30. The summed E-state index contributed by atoms with van der Waals surface area (Å²) in [4.78, 5) is 37.0. The van der Waals surface area contributed by atoms with E-state index in [1.165, 1.54) is 0 Å². The molecule has 3 aliphatic heterocycles. The van der Waals surface area contributed by atoms with Crippen molar-refractivity contribution < 1.29 is 60.4 Å². The Kier molecular flexibility index (Phi) is 11.3. The van der Waals surface area contributed by atoms with Gasteiger partial charge in [-0.1, -0.05) is 0 Å². The van der Waals surface area contributed by atoms with Crippen LogP contribution >= 0.6 is 0 Å². The van der Waals surface area contributed by atoms with Gasteiger partial charge in [0.25, 0.3) is 0 Å². The Balaban J connectivity index is 0.000000317. The third-order valence-electron chi connectivity index (χ3n) is 6.55. The highest BCUT2D eigenvalue weighted by Gasteiger charge is 2.54. The lowest BCUT2D eigenvalue weighted by Crippen LogP contribution is -2.41. The number of aromatic nitrogens is 1. The topological polar surface area (TPSA) is 138 Å². The summed E-state index contributed by atoms with van der Waals surface area (Å²) in [6.07, 6.45) is -3.49. The second-order valence-corrected chi connectivity index (χ2v) is 9.21. The van der Waals surface area contributed by atoms with Gasteiger partial charge in [0.05, 0.1) is 18.2 Å². The van der Waals surface area contributed by atoms with Crippen LogP contribution in [0.15, 0.2) is 24.5 Å². The first-order valence-corrected chi connectivity index (χ1v) is 11.9. The molecule has 39 heavy (non-hydrogen) atoms. The molecule has 16 heteroatoms. The summed E-state index contributed by atoms with van der Waals surface area (Å²) in [5.74, 6) is -3.60. The molecule has 0 saturated carbocycles. The Labute approximate surface area is 219 Å². The van der Waals surface area contributed by atoms with E-state index in [9.17, 15) is 31.1 Å². The summed E-state index contributed by atoms with van der Waals surface area (Å²) in [5, 5.41) is 17.3. The molecule has 3 fully saturated rings. The fourth-order valence-electron chi connectivity index (χ4n) is 4.50. The number of hydrogen-bond donors (Lipinski definition) is 3. The van der Waals surface area contributed by atoms with E-state index in [1.54, 1.807) is 12.4 Å². The monoisotopic (exact) mass is 573 g/mol. The smallest absolute Gasteiger partial charge is 0.490 e. The van der Waals surface area contributed by atoms with E-state index in [0.29, 0.717) is 19.1 Å². The van der Waals surface area contributed by atoms with Crippen LogP contribution in [0.5, 0.6) is 5.75 Å². The van der Waals surface area contributed by atoms with E-state index in [0.717, 1.165) is 57.9 Å². The molecule has 10 nitrogen and oxygen atoms in total. The van der Waals surface area contributed by atoms with Gasteiger partial charge in [-0.2, -0.15) is 26.3 Å². The standard InChI is InChI=1S/C19H27N3O3.2C2HF3O2/c23-18-19(5-7-22(14-19)12-15-3-8-24-9-4-15)16(10-21-18)13-25-17-2-1-6-20-11-17;2*3-2(4,5)1(6)7/h1-2,6,11,15-16H,3-5,7-10,12-14H2,(H,21,23);2*(H,6,7)/t16-,19+;;/m0../s1. The number of halogens is 6. The number of likely N-dealkylation sites (tertiary alicyclic amines) is 1. The van der Waals surface area contributed by atoms with Crippen molar-refractivity contribution in [3.63, 3.8) is 0 Å². The van der Waals surface area contributed by atoms with Crippen LogP contribution in [-0.2, 0) is 19.1 Å². The van der Waals surface area contributed by atoms with Crippen molar-refractivity contribution >= 4 is 17.8 Å². The molecule has 0 bridgehead atoms.